The Bertz CT molecular complexity index is 1150. The third-order valence-corrected chi connectivity index (χ3v) is 4.30. The third kappa shape index (κ3) is 3.66. The van der Waals surface area contributed by atoms with Gasteiger partial charge in [0.25, 0.3) is 0 Å². The van der Waals surface area contributed by atoms with Crippen LogP contribution in [-0.2, 0) is 4.79 Å². The predicted octanol–water partition coefficient (Wildman–Crippen LogP) is 4.66. The SMILES string of the molecule is CN(CC(=O)Nc1ccc2c(c1)oc1ccccc12)C(=O)Oc1ccccc1. The van der Waals surface area contributed by atoms with Crippen LogP contribution in [0.15, 0.2) is 77.2 Å². The van der Waals surface area contributed by atoms with Crippen LogP contribution in [0, 0.1) is 0 Å². The molecule has 4 rings (SSSR count). The smallest absolute Gasteiger partial charge is 0.415 e. The number of anilines is 1. The van der Waals surface area contributed by atoms with Gasteiger partial charge in [-0.2, -0.15) is 0 Å². The van der Waals surface area contributed by atoms with Crippen molar-refractivity contribution in [3.8, 4) is 5.75 Å². The van der Waals surface area contributed by atoms with E-state index >= 15 is 0 Å². The van der Waals surface area contributed by atoms with Crippen molar-refractivity contribution in [3.05, 3.63) is 72.8 Å². The molecule has 0 atom stereocenters. The van der Waals surface area contributed by atoms with Crippen molar-refractivity contribution in [2.24, 2.45) is 0 Å². The second-order valence-electron chi connectivity index (χ2n) is 6.39. The average molecular weight is 374 g/mol. The second-order valence-corrected chi connectivity index (χ2v) is 6.39. The molecule has 4 aromatic rings. The lowest BCUT2D eigenvalue weighted by atomic mass is 10.1. The number of nitrogens with zero attached hydrogens (tertiary/aromatic N) is 1. The molecule has 1 aromatic heterocycles. The minimum Gasteiger partial charge on any atom is -0.456 e. The van der Waals surface area contributed by atoms with Gasteiger partial charge in [0.1, 0.15) is 23.5 Å². The number of rotatable bonds is 4. The fourth-order valence-electron chi connectivity index (χ4n) is 2.95. The van der Waals surface area contributed by atoms with E-state index in [1.54, 1.807) is 30.3 Å². The summed E-state index contributed by atoms with van der Waals surface area (Å²) in [6.45, 7) is -0.135. The highest BCUT2D eigenvalue weighted by molar-refractivity contribution is 6.06. The molecule has 0 unspecified atom stereocenters. The van der Waals surface area contributed by atoms with E-state index in [9.17, 15) is 9.59 Å². The van der Waals surface area contributed by atoms with Crippen LogP contribution < -0.4 is 10.1 Å². The van der Waals surface area contributed by atoms with Gasteiger partial charge in [0.2, 0.25) is 5.91 Å². The maximum atomic E-state index is 12.3. The summed E-state index contributed by atoms with van der Waals surface area (Å²) in [6.07, 6.45) is -0.603. The van der Waals surface area contributed by atoms with Crippen molar-refractivity contribution >= 4 is 39.6 Å². The maximum absolute atomic E-state index is 12.3. The van der Waals surface area contributed by atoms with E-state index in [0.717, 1.165) is 16.4 Å². The molecule has 0 fully saturated rings. The summed E-state index contributed by atoms with van der Waals surface area (Å²) in [6, 6.07) is 22.0. The number of likely N-dealkylation sites (N-methyl/N-ethyl adjacent to an activating group) is 1. The average Bonchev–Trinajstić information content (AvgIpc) is 3.06. The molecule has 1 N–H and O–H groups in total. The minimum absolute atomic E-state index is 0.135. The zero-order valence-electron chi connectivity index (χ0n) is 15.2. The summed E-state index contributed by atoms with van der Waals surface area (Å²) in [4.78, 5) is 25.6. The lowest BCUT2D eigenvalue weighted by Crippen LogP contribution is -2.36. The number of carbonyl (C=O) groups excluding carboxylic acids is 2. The van der Waals surface area contributed by atoms with Crippen LogP contribution in [0.4, 0.5) is 10.5 Å². The van der Waals surface area contributed by atoms with Gasteiger partial charge in [0, 0.05) is 29.6 Å². The molecule has 28 heavy (non-hydrogen) atoms. The summed E-state index contributed by atoms with van der Waals surface area (Å²) >= 11 is 0. The zero-order valence-corrected chi connectivity index (χ0v) is 15.2. The first-order valence-corrected chi connectivity index (χ1v) is 8.79. The van der Waals surface area contributed by atoms with E-state index in [0.29, 0.717) is 17.0 Å². The first-order valence-electron chi connectivity index (χ1n) is 8.79. The van der Waals surface area contributed by atoms with E-state index in [4.69, 9.17) is 9.15 Å². The van der Waals surface area contributed by atoms with Gasteiger partial charge in [0.05, 0.1) is 0 Å². The summed E-state index contributed by atoms with van der Waals surface area (Å²) in [5.41, 5.74) is 2.08. The normalized spacial score (nSPS) is 10.8. The Morgan fingerprint density at radius 3 is 2.46 bits per heavy atom. The first kappa shape index (κ1) is 17.6. The molecule has 1 heterocycles. The van der Waals surface area contributed by atoms with Crippen molar-refractivity contribution in [2.75, 3.05) is 18.9 Å². The Labute approximate surface area is 161 Å². The van der Waals surface area contributed by atoms with E-state index in [1.807, 2.05) is 42.5 Å². The molecule has 2 amide bonds. The molecule has 0 aliphatic rings. The van der Waals surface area contributed by atoms with Gasteiger partial charge in [0.15, 0.2) is 0 Å². The highest BCUT2D eigenvalue weighted by Gasteiger charge is 2.15. The Hall–Kier alpha value is -3.80. The molecule has 0 saturated carbocycles. The number of benzene rings is 3. The molecule has 0 aliphatic carbocycles. The molecule has 0 bridgehead atoms. The number of nitrogens with one attached hydrogen (secondary N) is 1. The quantitative estimate of drug-likeness (QED) is 0.564. The lowest BCUT2D eigenvalue weighted by molar-refractivity contribution is -0.116. The van der Waals surface area contributed by atoms with E-state index in [-0.39, 0.29) is 12.5 Å². The predicted molar refractivity (Wildman–Crippen MR) is 107 cm³/mol. The second kappa shape index (κ2) is 7.44. The highest BCUT2D eigenvalue weighted by Crippen LogP contribution is 2.30. The van der Waals surface area contributed by atoms with Crippen LogP contribution in [0.1, 0.15) is 0 Å². The Morgan fingerprint density at radius 2 is 1.64 bits per heavy atom. The molecule has 6 heteroatoms. The van der Waals surface area contributed by atoms with Crippen molar-refractivity contribution in [1.29, 1.82) is 0 Å². The third-order valence-electron chi connectivity index (χ3n) is 4.30. The van der Waals surface area contributed by atoms with Gasteiger partial charge in [-0.25, -0.2) is 4.79 Å². The minimum atomic E-state index is -0.603. The largest absolute Gasteiger partial charge is 0.456 e. The van der Waals surface area contributed by atoms with Crippen molar-refractivity contribution in [3.63, 3.8) is 0 Å². The number of ether oxygens (including phenoxy) is 1. The van der Waals surface area contributed by atoms with Crippen molar-refractivity contribution in [1.82, 2.24) is 4.90 Å². The molecule has 0 saturated heterocycles. The monoisotopic (exact) mass is 374 g/mol. The number of furan rings is 1. The molecule has 140 valence electrons. The molecule has 6 nitrogen and oxygen atoms in total. The van der Waals surface area contributed by atoms with Gasteiger partial charge in [-0.1, -0.05) is 36.4 Å². The van der Waals surface area contributed by atoms with Crippen LogP contribution in [0.3, 0.4) is 0 Å². The van der Waals surface area contributed by atoms with Crippen molar-refractivity contribution < 1.29 is 18.7 Å². The molecule has 0 radical (unpaired) electrons. The summed E-state index contributed by atoms with van der Waals surface area (Å²) in [5.74, 6) is 0.0954. The number of hydrogen-bond donors (Lipinski definition) is 1. The van der Waals surface area contributed by atoms with Crippen LogP contribution in [0.25, 0.3) is 21.9 Å². The van der Waals surface area contributed by atoms with Crippen LogP contribution >= 0.6 is 0 Å². The Morgan fingerprint density at radius 1 is 0.929 bits per heavy atom. The molecule has 3 aromatic carbocycles. The number of para-hydroxylation sites is 2. The van der Waals surface area contributed by atoms with Gasteiger partial charge in [-0.3, -0.25) is 4.79 Å². The van der Waals surface area contributed by atoms with Gasteiger partial charge in [-0.15, -0.1) is 0 Å². The van der Waals surface area contributed by atoms with Gasteiger partial charge < -0.3 is 19.4 Å². The molecular weight excluding hydrogens is 356 g/mol. The van der Waals surface area contributed by atoms with E-state index < -0.39 is 6.09 Å². The summed E-state index contributed by atoms with van der Waals surface area (Å²) in [5, 5.41) is 4.79. The maximum Gasteiger partial charge on any atom is 0.415 e. The molecular formula is C22H18N2O4. The number of carbonyl (C=O) groups is 2. The summed E-state index contributed by atoms with van der Waals surface area (Å²) < 4.78 is 11.0. The molecule has 0 spiro atoms. The van der Waals surface area contributed by atoms with Crippen LogP contribution in [-0.4, -0.2) is 30.5 Å². The van der Waals surface area contributed by atoms with E-state index in [2.05, 4.69) is 5.32 Å². The molecule has 0 aliphatic heterocycles. The first-order chi connectivity index (χ1) is 13.6. The summed E-state index contributed by atoms with van der Waals surface area (Å²) in [7, 11) is 1.51. The number of amides is 2. The zero-order chi connectivity index (χ0) is 19.5. The van der Waals surface area contributed by atoms with Crippen LogP contribution in [0.5, 0.6) is 5.75 Å². The fourth-order valence-corrected chi connectivity index (χ4v) is 2.95. The van der Waals surface area contributed by atoms with Crippen LogP contribution in [0.2, 0.25) is 0 Å². The lowest BCUT2D eigenvalue weighted by Gasteiger charge is -2.16. The highest BCUT2D eigenvalue weighted by atomic mass is 16.6. The van der Waals surface area contributed by atoms with Gasteiger partial charge in [-0.05, 0) is 30.3 Å². The van der Waals surface area contributed by atoms with Crippen molar-refractivity contribution in [2.45, 2.75) is 0 Å². The van der Waals surface area contributed by atoms with E-state index in [1.165, 1.54) is 11.9 Å². The fraction of sp³-hybridized carbons (Fsp3) is 0.0909. The Kier molecular flexibility index (Phi) is 4.68. The Balaban J connectivity index is 1.41. The number of hydrogen-bond acceptors (Lipinski definition) is 4. The van der Waals surface area contributed by atoms with Gasteiger partial charge >= 0.3 is 6.09 Å². The topological polar surface area (TPSA) is 71.8 Å². The number of fused-ring (bicyclic) bond motifs is 3. The standard InChI is InChI=1S/C22H18N2O4/c1-24(22(26)27-16-7-3-2-4-8-16)14-21(25)23-15-11-12-18-17-9-5-6-10-19(17)28-20(18)13-15/h2-13H,14H2,1H3,(H,23,25).